The van der Waals surface area contributed by atoms with Gasteiger partial charge in [-0.2, -0.15) is 5.10 Å². The van der Waals surface area contributed by atoms with Gasteiger partial charge in [-0.15, -0.1) is 0 Å². The molecule has 2 N–H and O–H groups in total. The summed E-state index contributed by atoms with van der Waals surface area (Å²) in [6.07, 6.45) is 0. The Morgan fingerprint density at radius 1 is 1.00 bits per heavy atom. The van der Waals surface area contributed by atoms with Crippen LogP contribution >= 0.6 is 0 Å². The molecule has 1 aliphatic rings. The van der Waals surface area contributed by atoms with Crippen LogP contribution in [-0.2, 0) is 4.79 Å². The lowest BCUT2D eigenvalue weighted by Crippen LogP contribution is -2.44. The second-order valence-corrected chi connectivity index (χ2v) is 7.79. The first-order chi connectivity index (χ1) is 14.4. The van der Waals surface area contributed by atoms with Gasteiger partial charge in [-0.05, 0) is 45.9 Å². The van der Waals surface area contributed by atoms with Gasteiger partial charge in [0.1, 0.15) is 0 Å². The molecule has 1 aliphatic heterocycles. The Morgan fingerprint density at radius 2 is 1.63 bits per heavy atom. The van der Waals surface area contributed by atoms with Crippen molar-refractivity contribution in [1.29, 1.82) is 0 Å². The summed E-state index contributed by atoms with van der Waals surface area (Å²) in [5.74, 6) is -0.205. The number of hydrazone groups is 1. The largest absolute Gasteiger partial charge is 0.339 e. The maximum atomic E-state index is 13.1. The van der Waals surface area contributed by atoms with Crippen molar-refractivity contribution < 1.29 is 9.59 Å². The number of rotatable bonds is 7. The molecule has 0 bridgehead atoms. The lowest BCUT2D eigenvalue weighted by molar-refractivity contribution is -0.112. The molecule has 0 atom stereocenters. The van der Waals surface area contributed by atoms with E-state index in [2.05, 4.69) is 48.4 Å². The van der Waals surface area contributed by atoms with Crippen molar-refractivity contribution in [3.8, 4) is 0 Å². The minimum atomic E-state index is -0.497. The molecule has 3 rings (SSSR count). The van der Waals surface area contributed by atoms with Crippen molar-refractivity contribution in [2.75, 3.05) is 23.3 Å². The monoisotopic (exact) mass is 407 g/mol. The number of amides is 3. The van der Waals surface area contributed by atoms with Gasteiger partial charge in [0, 0.05) is 36.4 Å². The molecule has 0 saturated heterocycles. The van der Waals surface area contributed by atoms with E-state index in [-0.39, 0.29) is 11.6 Å². The molecule has 2 aromatic carbocycles. The van der Waals surface area contributed by atoms with Gasteiger partial charge >= 0.3 is 6.03 Å². The molecule has 0 spiro atoms. The summed E-state index contributed by atoms with van der Waals surface area (Å²) in [4.78, 5) is 29.3. The zero-order valence-electron chi connectivity index (χ0n) is 17.9. The van der Waals surface area contributed by atoms with Crippen molar-refractivity contribution >= 4 is 29.0 Å². The van der Waals surface area contributed by atoms with Crippen LogP contribution in [-0.4, -0.2) is 47.7 Å². The van der Waals surface area contributed by atoms with E-state index in [4.69, 9.17) is 0 Å². The van der Waals surface area contributed by atoms with Crippen LogP contribution < -0.4 is 15.6 Å². The third-order valence-corrected chi connectivity index (χ3v) is 5.11. The number of urea groups is 1. The predicted octanol–water partition coefficient (Wildman–Crippen LogP) is 3.68. The summed E-state index contributed by atoms with van der Waals surface area (Å²) in [6.45, 7) is 9.93. The first-order valence-corrected chi connectivity index (χ1v) is 10.2. The second-order valence-electron chi connectivity index (χ2n) is 7.79. The van der Waals surface area contributed by atoms with Gasteiger partial charge in [0.05, 0.1) is 5.69 Å². The number of para-hydroxylation sites is 2. The van der Waals surface area contributed by atoms with Crippen molar-refractivity contribution in [3.63, 3.8) is 0 Å². The number of fused-ring (bicyclic) bond motifs is 1. The van der Waals surface area contributed by atoms with E-state index in [1.807, 2.05) is 42.5 Å². The second kappa shape index (κ2) is 9.54. The van der Waals surface area contributed by atoms with Gasteiger partial charge in [0.15, 0.2) is 5.71 Å². The Balaban J connectivity index is 1.74. The highest BCUT2D eigenvalue weighted by Crippen LogP contribution is 2.29. The van der Waals surface area contributed by atoms with Gasteiger partial charge < -0.3 is 10.2 Å². The van der Waals surface area contributed by atoms with E-state index in [0.717, 1.165) is 17.8 Å². The summed E-state index contributed by atoms with van der Waals surface area (Å²) in [5, 5.41) is 6.83. The molecule has 158 valence electrons. The number of nitrogens with zero attached hydrogens (tertiary/aromatic N) is 3. The molecule has 0 radical (unpaired) electrons. The van der Waals surface area contributed by atoms with Crippen LogP contribution in [0.5, 0.6) is 0 Å². The number of benzene rings is 2. The molecule has 0 aliphatic carbocycles. The summed E-state index contributed by atoms with van der Waals surface area (Å²) in [5.41, 5.74) is 4.89. The number of carbonyl (C=O) groups is 2. The number of hydrogen-bond donors (Lipinski definition) is 2. The van der Waals surface area contributed by atoms with Crippen LogP contribution in [0.2, 0.25) is 0 Å². The van der Waals surface area contributed by atoms with Gasteiger partial charge in [-0.1, -0.05) is 36.4 Å². The fourth-order valence-corrected chi connectivity index (χ4v) is 3.71. The van der Waals surface area contributed by atoms with Gasteiger partial charge in [0.25, 0.3) is 5.91 Å². The molecule has 0 fully saturated rings. The average molecular weight is 408 g/mol. The molecule has 0 saturated carbocycles. The SMILES string of the molecule is CC(C)N(CCN1C(=O)C(=NNC(=O)Nc2ccccc2)c2ccccc21)C(C)C. The number of anilines is 2. The van der Waals surface area contributed by atoms with Crippen LogP contribution in [0, 0.1) is 0 Å². The van der Waals surface area contributed by atoms with E-state index in [0.29, 0.717) is 24.3 Å². The van der Waals surface area contributed by atoms with Gasteiger partial charge in [-0.3, -0.25) is 9.69 Å². The van der Waals surface area contributed by atoms with E-state index >= 15 is 0 Å². The summed E-state index contributed by atoms with van der Waals surface area (Å²) in [7, 11) is 0. The number of hydrogen-bond acceptors (Lipinski definition) is 4. The lowest BCUT2D eigenvalue weighted by Gasteiger charge is -2.32. The zero-order chi connectivity index (χ0) is 21.7. The third kappa shape index (κ3) is 4.86. The summed E-state index contributed by atoms with van der Waals surface area (Å²) in [6, 6.07) is 16.9. The number of carbonyl (C=O) groups excluding carboxylic acids is 2. The Hall–Kier alpha value is -3.19. The Morgan fingerprint density at radius 3 is 2.30 bits per heavy atom. The van der Waals surface area contributed by atoms with E-state index in [1.54, 1.807) is 17.0 Å². The quantitative estimate of drug-likeness (QED) is 0.688. The highest BCUT2D eigenvalue weighted by atomic mass is 16.2. The topological polar surface area (TPSA) is 77.0 Å². The Kier molecular flexibility index (Phi) is 6.84. The minimum Gasteiger partial charge on any atom is -0.307 e. The molecule has 7 heteroatoms. The molecular weight excluding hydrogens is 378 g/mol. The van der Waals surface area contributed by atoms with E-state index in [9.17, 15) is 9.59 Å². The molecule has 0 unspecified atom stereocenters. The van der Waals surface area contributed by atoms with E-state index < -0.39 is 6.03 Å². The van der Waals surface area contributed by atoms with Crippen molar-refractivity contribution in [2.45, 2.75) is 39.8 Å². The third-order valence-electron chi connectivity index (χ3n) is 5.11. The standard InChI is InChI=1S/C23H29N5O2/c1-16(2)27(17(3)4)14-15-28-20-13-9-8-12-19(20)21(22(28)29)25-26-23(30)24-18-10-6-5-7-11-18/h5-13,16-17H,14-15H2,1-4H3,(H2,24,26,30). The lowest BCUT2D eigenvalue weighted by atomic mass is 10.1. The smallest absolute Gasteiger partial charge is 0.307 e. The highest BCUT2D eigenvalue weighted by Gasteiger charge is 2.34. The van der Waals surface area contributed by atoms with Crippen LogP contribution in [0.25, 0.3) is 0 Å². The molecule has 3 amide bonds. The minimum absolute atomic E-state index is 0.205. The fraction of sp³-hybridized carbons (Fsp3) is 0.348. The van der Waals surface area contributed by atoms with Crippen LogP contribution in [0.4, 0.5) is 16.2 Å². The molecular formula is C23H29N5O2. The molecule has 1 heterocycles. The van der Waals surface area contributed by atoms with Gasteiger partial charge in [0.2, 0.25) is 0 Å². The average Bonchev–Trinajstić information content (AvgIpc) is 2.98. The summed E-state index contributed by atoms with van der Waals surface area (Å²) < 4.78 is 0. The first kappa shape index (κ1) is 21.5. The van der Waals surface area contributed by atoms with Crippen molar-refractivity contribution in [2.24, 2.45) is 5.10 Å². The zero-order valence-corrected chi connectivity index (χ0v) is 17.9. The Labute approximate surface area is 177 Å². The van der Waals surface area contributed by atoms with E-state index in [1.165, 1.54) is 0 Å². The van der Waals surface area contributed by atoms with Crippen LogP contribution in [0.15, 0.2) is 59.7 Å². The summed E-state index contributed by atoms with van der Waals surface area (Å²) >= 11 is 0. The normalized spacial score (nSPS) is 14.7. The fourth-order valence-electron chi connectivity index (χ4n) is 3.71. The maximum absolute atomic E-state index is 13.1. The molecule has 30 heavy (non-hydrogen) atoms. The molecule has 7 nitrogen and oxygen atoms in total. The van der Waals surface area contributed by atoms with Crippen molar-refractivity contribution in [3.05, 3.63) is 60.2 Å². The molecule has 0 aromatic heterocycles. The van der Waals surface area contributed by atoms with Crippen LogP contribution in [0.3, 0.4) is 0 Å². The molecule has 2 aromatic rings. The highest BCUT2D eigenvalue weighted by molar-refractivity contribution is 6.54. The van der Waals surface area contributed by atoms with Crippen molar-refractivity contribution in [1.82, 2.24) is 10.3 Å². The Bertz CT molecular complexity index is 916. The maximum Gasteiger partial charge on any atom is 0.339 e. The van der Waals surface area contributed by atoms with Crippen LogP contribution in [0.1, 0.15) is 33.3 Å². The number of nitrogens with one attached hydrogen (secondary N) is 2. The van der Waals surface area contributed by atoms with Gasteiger partial charge in [-0.25, -0.2) is 10.2 Å². The first-order valence-electron chi connectivity index (χ1n) is 10.2. The predicted molar refractivity (Wildman–Crippen MR) is 121 cm³/mol.